The van der Waals surface area contributed by atoms with Gasteiger partial charge in [-0.1, -0.05) is 0 Å². The van der Waals surface area contributed by atoms with Crippen LogP contribution in [0.4, 0.5) is 5.95 Å². The predicted molar refractivity (Wildman–Crippen MR) is 64.3 cm³/mol. The molecule has 0 spiro atoms. The van der Waals surface area contributed by atoms with Crippen LogP contribution in [0, 0.1) is 0 Å². The van der Waals surface area contributed by atoms with Gasteiger partial charge in [-0.05, 0) is 7.05 Å². The molecule has 1 atom stereocenters. The van der Waals surface area contributed by atoms with Crippen LogP contribution in [0.1, 0.15) is 0 Å². The number of aromatic nitrogens is 2. The number of likely N-dealkylation sites (N-methyl/N-ethyl adjacent to an activating group) is 1. The third-order valence-electron chi connectivity index (χ3n) is 2.69. The lowest BCUT2D eigenvalue weighted by Gasteiger charge is -2.30. The fourth-order valence-electron chi connectivity index (χ4n) is 1.71. The molecule has 0 aliphatic carbocycles. The van der Waals surface area contributed by atoms with E-state index in [1.807, 2.05) is 0 Å². The van der Waals surface area contributed by atoms with Crippen molar-refractivity contribution in [1.82, 2.24) is 14.9 Å². The highest BCUT2D eigenvalue weighted by Gasteiger charge is 2.17. The summed E-state index contributed by atoms with van der Waals surface area (Å²) in [7, 11) is 3.69. The number of methoxy groups -OCH3 is 1. The smallest absolute Gasteiger partial charge is 0.222 e. The zero-order valence-electron chi connectivity index (χ0n) is 10.2. The maximum atomic E-state index is 5.63. The largest absolute Gasteiger partial charge is 0.494 e. The number of ether oxygens (including phenoxy) is 2. The molecule has 1 unspecified atom stereocenters. The monoisotopic (exact) mass is 238 g/mol. The maximum Gasteiger partial charge on any atom is 0.222 e. The van der Waals surface area contributed by atoms with Crippen molar-refractivity contribution in [3.8, 4) is 5.75 Å². The SMILES string of the molecule is COc1cnc(NCC2CN(C)CCO2)nc1. The van der Waals surface area contributed by atoms with Crippen molar-refractivity contribution in [2.75, 3.05) is 45.7 Å². The molecule has 0 bridgehead atoms. The van der Waals surface area contributed by atoms with Gasteiger partial charge in [-0.3, -0.25) is 0 Å². The molecule has 0 radical (unpaired) electrons. The van der Waals surface area contributed by atoms with Gasteiger partial charge < -0.3 is 19.7 Å². The second-order valence-corrected chi connectivity index (χ2v) is 4.08. The molecule has 1 N–H and O–H groups in total. The van der Waals surface area contributed by atoms with Crippen molar-refractivity contribution in [3.63, 3.8) is 0 Å². The molecule has 1 aliphatic rings. The first-order chi connectivity index (χ1) is 8.28. The van der Waals surface area contributed by atoms with Crippen LogP contribution in [0.5, 0.6) is 5.75 Å². The van der Waals surface area contributed by atoms with E-state index >= 15 is 0 Å². The maximum absolute atomic E-state index is 5.63. The highest BCUT2D eigenvalue weighted by Crippen LogP contribution is 2.08. The summed E-state index contributed by atoms with van der Waals surface area (Å²) in [5.74, 6) is 1.26. The number of nitrogens with zero attached hydrogens (tertiary/aromatic N) is 3. The molecule has 0 aromatic carbocycles. The standard InChI is InChI=1S/C11H18N4O2/c1-15-3-4-17-10(8-15)7-14-11-12-5-9(16-2)6-13-11/h5-6,10H,3-4,7-8H2,1-2H3,(H,12,13,14). The molecule has 1 aromatic rings. The quantitative estimate of drug-likeness (QED) is 0.810. The van der Waals surface area contributed by atoms with Gasteiger partial charge in [-0.15, -0.1) is 0 Å². The van der Waals surface area contributed by atoms with E-state index < -0.39 is 0 Å². The molecular weight excluding hydrogens is 220 g/mol. The Kier molecular flexibility index (Phi) is 4.11. The third kappa shape index (κ3) is 3.54. The molecule has 94 valence electrons. The molecule has 6 nitrogen and oxygen atoms in total. The summed E-state index contributed by atoms with van der Waals surface area (Å²) in [4.78, 5) is 10.5. The number of hydrogen-bond donors (Lipinski definition) is 1. The lowest BCUT2D eigenvalue weighted by atomic mass is 10.3. The van der Waals surface area contributed by atoms with Gasteiger partial charge in [0.15, 0.2) is 5.75 Å². The first-order valence-corrected chi connectivity index (χ1v) is 5.68. The van der Waals surface area contributed by atoms with Crippen molar-refractivity contribution >= 4 is 5.95 Å². The number of morpholine rings is 1. The van der Waals surface area contributed by atoms with Gasteiger partial charge in [0.2, 0.25) is 5.95 Å². The summed E-state index contributed by atoms with van der Waals surface area (Å²) in [5, 5.41) is 3.16. The third-order valence-corrected chi connectivity index (χ3v) is 2.69. The Bertz CT molecular complexity index is 344. The number of anilines is 1. The summed E-state index contributed by atoms with van der Waals surface area (Å²) < 4.78 is 10.6. The van der Waals surface area contributed by atoms with Gasteiger partial charge in [0, 0.05) is 19.6 Å². The van der Waals surface area contributed by atoms with Crippen LogP contribution < -0.4 is 10.1 Å². The Hall–Kier alpha value is -1.40. The number of hydrogen-bond acceptors (Lipinski definition) is 6. The molecule has 1 saturated heterocycles. The van der Waals surface area contributed by atoms with E-state index in [4.69, 9.17) is 9.47 Å². The van der Waals surface area contributed by atoms with Crippen molar-refractivity contribution in [2.24, 2.45) is 0 Å². The zero-order chi connectivity index (χ0) is 12.1. The van der Waals surface area contributed by atoms with Crippen LogP contribution >= 0.6 is 0 Å². The molecule has 0 amide bonds. The molecule has 2 rings (SSSR count). The summed E-state index contributed by atoms with van der Waals surface area (Å²) in [6.07, 6.45) is 3.48. The van der Waals surface area contributed by atoms with Crippen LogP contribution in [0.25, 0.3) is 0 Å². The van der Waals surface area contributed by atoms with Crippen molar-refractivity contribution in [3.05, 3.63) is 12.4 Å². The lowest BCUT2D eigenvalue weighted by Crippen LogP contribution is -2.43. The van der Waals surface area contributed by atoms with E-state index in [1.54, 1.807) is 19.5 Å². The molecule has 1 aliphatic heterocycles. The average Bonchev–Trinajstić information content (AvgIpc) is 2.37. The molecule has 17 heavy (non-hydrogen) atoms. The van der Waals surface area contributed by atoms with Crippen LogP contribution in [-0.4, -0.2) is 61.4 Å². The molecule has 0 saturated carbocycles. The summed E-state index contributed by atoms with van der Waals surface area (Å²) in [5.41, 5.74) is 0. The van der Waals surface area contributed by atoms with Crippen LogP contribution in [0.15, 0.2) is 12.4 Å². The summed E-state index contributed by atoms with van der Waals surface area (Å²) >= 11 is 0. The molecule has 1 aromatic heterocycles. The van der Waals surface area contributed by atoms with Crippen LogP contribution in [0.3, 0.4) is 0 Å². The molecule has 2 heterocycles. The minimum atomic E-state index is 0.194. The summed E-state index contributed by atoms with van der Waals surface area (Å²) in [6, 6.07) is 0. The summed E-state index contributed by atoms with van der Waals surface area (Å²) in [6.45, 7) is 3.43. The second-order valence-electron chi connectivity index (χ2n) is 4.08. The van der Waals surface area contributed by atoms with E-state index in [2.05, 4.69) is 27.2 Å². The minimum absolute atomic E-state index is 0.194. The van der Waals surface area contributed by atoms with Gasteiger partial charge >= 0.3 is 0 Å². The highest BCUT2D eigenvalue weighted by atomic mass is 16.5. The van der Waals surface area contributed by atoms with Crippen molar-refractivity contribution < 1.29 is 9.47 Å². The van der Waals surface area contributed by atoms with Crippen molar-refractivity contribution in [1.29, 1.82) is 0 Å². The van der Waals surface area contributed by atoms with Gasteiger partial charge in [-0.2, -0.15) is 0 Å². The van der Waals surface area contributed by atoms with Crippen LogP contribution in [-0.2, 0) is 4.74 Å². The fraction of sp³-hybridized carbons (Fsp3) is 0.636. The Morgan fingerprint density at radius 1 is 1.53 bits per heavy atom. The molecule has 6 heteroatoms. The normalized spacial score (nSPS) is 21.2. The van der Waals surface area contributed by atoms with Gasteiger partial charge in [0.1, 0.15) is 0 Å². The Balaban J connectivity index is 1.80. The van der Waals surface area contributed by atoms with E-state index in [1.165, 1.54) is 0 Å². The average molecular weight is 238 g/mol. The minimum Gasteiger partial charge on any atom is -0.494 e. The fourth-order valence-corrected chi connectivity index (χ4v) is 1.71. The van der Waals surface area contributed by atoms with Crippen LogP contribution in [0.2, 0.25) is 0 Å². The number of rotatable bonds is 4. The predicted octanol–water partition coefficient (Wildman–Crippen LogP) is 0.228. The zero-order valence-corrected chi connectivity index (χ0v) is 10.2. The Morgan fingerprint density at radius 3 is 2.94 bits per heavy atom. The topological polar surface area (TPSA) is 59.5 Å². The van der Waals surface area contributed by atoms with E-state index in [-0.39, 0.29) is 6.10 Å². The van der Waals surface area contributed by atoms with E-state index in [9.17, 15) is 0 Å². The lowest BCUT2D eigenvalue weighted by molar-refractivity contribution is -0.0117. The second kappa shape index (κ2) is 5.79. The first-order valence-electron chi connectivity index (χ1n) is 5.68. The van der Waals surface area contributed by atoms with E-state index in [0.717, 1.165) is 26.2 Å². The highest BCUT2D eigenvalue weighted by molar-refractivity contribution is 5.27. The molecule has 1 fully saturated rings. The molecular formula is C11H18N4O2. The Labute approximate surface area is 101 Å². The van der Waals surface area contributed by atoms with Gasteiger partial charge in [0.25, 0.3) is 0 Å². The van der Waals surface area contributed by atoms with Crippen molar-refractivity contribution in [2.45, 2.75) is 6.10 Å². The Morgan fingerprint density at radius 2 is 2.29 bits per heavy atom. The van der Waals surface area contributed by atoms with E-state index in [0.29, 0.717) is 11.7 Å². The first kappa shape index (κ1) is 12.1. The van der Waals surface area contributed by atoms with Gasteiger partial charge in [0.05, 0.1) is 32.2 Å². The number of nitrogens with one attached hydrogen (secondary N) is 1. The van der Waals surface area contributed by atoms with Gasteiger partial charge in [-0.25, -0.2) is 9.97 Å².